The number of rotatable bonds is 9. The zero-order valence-corrected chi connectivity index (χ0v) is 12.8. The van der Waals surface area contributed by atoms with E-state index in [2.05, 4.69) is 31.2 Å². The molecule has 0 amide bonds. The van der Waals surface area contributed by atoms with Crippen LogP contribution in [0.5, 0.6) is 0 Å². The first-order chi connectivity index (χ1) is 10.4. The van der Waals surface area contributed by atoms with Crippen molar-refractivity contribution in [3.8, 4) is 0 Å². The molecule has 0 aromatic heterocycles. The van der Waals surface area contributed by atoms with Crippen molar-refractivity contribution in [2.45, 2.75) is 0 Å². The summed E-state index contributed by atoms with van der Waals surface area (Å²) in [4.78, 5) is 3.67. The van der Waals surface area contributed by atoms with Gasteiger partial charge in [-0.25, -0.2) is 13.7 Å². The van der Waals surface area contributed by atoms with Gasteiger partial charge in [0, 0.05) is 0 Å². The van der Waals surface area contributed by atoms with Gasteiger partial charge in [-0.1, -0.05) is 38.5 Å². The summed E-state index contributed by atoms with van der Waals surface area (Å²) in [6.07, 6.45) is 9.34. The van der Waals surface area contributed by atoms with E-state index >= 15 is 0 Å². The SMILES string of the molecule is C=C/C(O)=C\C=C(/C=C)S(=O)(=O)/C(C=C)=C/C=C(\C=C)OO. The van der Waals surface area contributed by atoms with Crippen molar-refractivity contribution in [3.05, 3.63) is 96.3 Å². The van der Waals surface area contributed by atoms with Crippen molar-refractivity contribution in [2.24, 2.45) is 0 Å². The highest BCUT2D eigenvalue weighted by Gasteiger charge is 2.18. The second-order valence-electron chi connectivity index (χ2n) is 3.71. The third-order valence-electron chi connectivity index (χ3n) is 2.37. The molecule has 0 bridgehead atoms. The van der Waals surface area contributed by atoms with Crippen LogP contribution in [0.1, 0.15) is 0 Å². The maximum absolute atomic E-state index is 12.4. The second-order valence-corrected chi connectivity index (χ2v) is 5.66. The van der Waals surface area contributed by atoms with E-state index in [1.165, 1.54) is 30.4 Å². The average Bonchev–Trinajstić information content (AvgIpc) is 2.51. The van der Waals surface area contributed by atoms with Crippen LogP contribution in [0.15, 0.2) is 96.3 Å². The number of aliphatic hydroxyl groups is 1. The first kappa shape index (κ1) is 19.4. The third kappa shape index (κ3) is 5.43. The van der Waals surface area contributed by atoms with Gasteiger partial charge in [0.2, 0.25) is 9.84 Å². The lowest BCUT2D eigenvalue weighted by atomic mass is 10.4. The Morgan fingerprint density at radius 2 is 1.32 bits per heavy atom. The van der Waals surface area contributed by atoms with Crippen molar-refractivity contribution in [3.63, 3.8) is 0 Å². The van der Waals surface area contributed by atoms with Gasteiger partial charge >= 0.3 is 0 Å². The summed E-state index contributed by atoms with van der Waals surface area (Å²) in [6.45, 7) is 13.6. The fraction of sp³-hybridized carbons (Fsp3) is 0. The molecule has 118 valence electrons. The molecule has 0 aliphatic rings. The molecule has 0 aliphatic carbocycles. The van der Waals surface area contributed by atoms with Gasteiger partial charge in [-0.05, 0) is 36.5 Å². The van der Waals surface area contributed by atoms with Gasteiger partial charge in [-0.2, -0.15) is 0 Å². The van der Waals surface area contributed by atoms with E-state index < -0.39 is 9.84 Å². The number of sulfone groups is 1. The lowest BCUT2D eigenvalue weighted by molar-refractivity contribution is -0.198. The molecule has 6 heteroatoms. The Bertz CT molecular complexity index is 673. The maximum atomic E-state index is 12.4. The summed E-state index contributed by atoms with van der Waals surface area (Å²) >= 11 is 0. The molecule has 0 unspecified atom stereocenters. The normalized spacial score (nSPS) is 14.2. The van der Waals surface area contributed by atoms with Gasteiger partial charge in [0.1, 0.15) is 5.76 Å². The summed E-state index contributed by atoms with van der Waals surface area (Å²) < 4.78 is 24.8. The molecule has 0 saturated heterocycles. The van der Waals surface area contributed by atoms with Crippen molar-refractivity contribution < 1.29 is 23.7 Å². The van der Waals surface area contributed by atoms with Crippen LogP contribution >= 0.6 is 0 Å². The summed E-state index contributed by atoms with van der Waals surface area (Å²) in [6, 6.07) is 0. The van der Waals surface area contributed by atoms with Gasteiger partial charge in [0.15, 0.2) is 5.76 Å². The smallest absolute Gasteiger partial charge is 0.206 e. The standard InChI is InChI=1S/C16H18O5S/c1-5-13(17)9-11-15(7-3)22(19,20)16(8-4)12-10-14(6-2)21-18/h5-12,17-18H,1-4H2/b13-9+,14-10+,15-11+,16-12+. The first-order valence-electron chi connectivity index (χ1n) is 5.96. The molecule has 0 aromatic rings. The van der Waals surface area contributed by atoms with Crippen molar-refractivity contribution in [1.82, 2.24) is 0 Å². The van der Waals surface area contributed by atoms with Crippen LogP contribution < -0.4 is 0 Å². The van der Waals surface area contributed by atoms with Crippen molar-refractivity contribution in [1.29, 1.82) is 0 Å². The van der Waals surface area contributed by atoms with E-state index in [9.17, 15) is 13.5 Å². The summed E-state index contributed by atoms with van der Waals surface area (Å²) in [5.74, 6) is -0.232. The molecule has 0 rings (SSSR count). The highest BCUT2D eigenvalue weighted by Crippen LogP contribution is 2.20. The van der Waals surface area contributed by atoms with Crippen LogP contribution in [0.3, 0.4) is 0 Å². The van der Waals surface area contributed by atoms with E-state index in [0.717, 1.165) is 18.2 Å². The van der Waals surface area contributed by atoms with Crippen LogP contribution in [0.25, 0.3) is 0 Å². The average molecular weight is 322 g/mol. The Morgan fingerprint density at radius 3 is 1.68 bits per heavy atom. The van der Waals surface area contributed by atoms with E-state index in [4.69, 9.17) is 5.26 Å². The molecule has 0 fully saturated rings. The zero-order valence-electron chi connectivity index (χ0n) is 12.0. The maximum Gasteiger partial charge on any atom is 0.206 e. The fourth-order valence-corrected chi connectivity index (χ4v) is 2.41. The Kier molecular flexibility index (Phi) is 8.29. The molecule has 0 heterocycles. The van der Waals surface area contributed by atoms with E-state index in [-0.39, 0.29) is 21.3 Å². The molecule has 22 heavy (non-hydrogen) atoms. The first-order valence-corrected chi connectivity index (χ1v) is 7.44. The lowest BCUT2D eigenvalue weighted by Crippen LogP contribution is -2.04. The molecule has 5 nitrogen and oxygen atoms in total. The predicted molar refractivity (Wildman–Crippen MR) is 88.4 cm³/mol. The zero-order chi connectivity index (χ0) is 17.2. The van der Waals surface area contributed by atoms with Crippen molar-refractivity contribution >= 4 is 9.84 Å². The van der Waals surface area contributed by atoms with Gasteiger partial charge < -0.3 is 9.99 Å². The molecule has 0 aromatic carbocycles. The van der Waals surface area contributed by atoms with Crippen LogP contribution in [-0.2, 0) is 14.7 Å². The fourth-order valence-electron chi connectivity index (χ4n) is 1.21. The van der Waals surface area contributed by atoms with Gasteiger partial charge in [0.25, 0.3) is 0 Å². The highest BCUT2D eigenvalue weighted by molar-refractivity contribution is 7.99. The number of hydrogen-bond acceptors (Lipinski definition) is 5. The second kappa shape index (κ2) is 9.38. The molecule has 0 spiro atoms. The molecule has 0 aliphatic heterocycles. The molecular formula is C16H18O5S. The van der Waals surface area contributed by atoms with E-state index in [1.54, 1.807) is 0 Å². The topological polar surface area (TPSA) is 83.8 Å². The lowest BCUT2D eigenvalue weighted by Gasteiger charge is -2.05. The molecule has 0 atom stereocenters. The summed E-state index contributed by atoms with van der Waals surface area (Å²) in [7, 11) is -3.90. The quantitative estimate of drug-likeness (QED) is 0.292. The van der Waals surface area contributed by atoms with Gasteiger partial charge in [-0.15, -0.1) is 0 Å². The minimum atomic E-state index is -3.90. The largest absolute Gasteiger partial charge is 0.508 e. The highest BCUT2D eigenvalue weighted by atomic mass is 32.2. The summed E-state index contributed by atoms with van der Waals surface area (Å²) in [5, 5.41) is 17.8. The monoisotopic (exact) mass is 322 g/mol. The van der Waals surface area contributed by atoms with Crippen LogP contribution in [0.4, 0.5) is 0 Å². The summed E-state index contributed by atoms with van der Waals surface area (Å²) in [5.41, 5.74) is 0. The Hall–Kier alpha value is -2.57. The van der Waals surface area contributed by atoms with Crippen LogP contribution in [0, 0.1) is 0 Å². The Balaban J connectivity index is 5.94. The number of aliphatic hydroxyl groups excluding tert-OH is 1. The van der Waals surface area contributed by atoms with Crippen LogP contribution in [0.2, 0.25) is 0 Å². The Labute approximate surface area is 130 Å². The molecule has 2 N–H and O–H groups in total. The Morgan fingerprint density at radius 1 is 0.818 bits per heavy atom. The van der Waals surface area contributed by atoms with Crippen LogP contribution in [-0.4, -0.2) is 18.8 Å². The third-order valence-corrected chi connectivity index (χ3v) is 4.22. The number of allylic oxidation sites excluding steroid dienone is 8. The minimum absolute atomic E-state index is 0.0390. The number of hydrogen-bond donors (Lipinski definition) is 2. The molecule has 0 radical (unpaired) electrons. The minimum Gasteiger partial charge on any atom is -0.508 e. The van der Waals surface area contributed by atoms with Gasteiger partial charge in [-0.3, -0.25) is 0 Å². The predicted octanol–water partition coefficient (Wildman–Crippen LogP) is 3.73. The van der Waals surface area contributed by atoms with Crippen molar-refractivity contribution in [2.75, 3.05) is 0 Å². The molecule has 0 saturated carbocycles. The van der Waals surface area contributed by atoms with E-state index in [1.807, 2.05) is 0 Å². The van der Waals surface area contributed by atoms with Gasteiger partial charge in [0.05, 0.1) is 9.81 Å². The van der Waals surface area contributed by atoms with E-state index in [0.29, 0.717) is 0 Å². The molecular weight excluding hydrogens is 304 g/mol.